The molecular formula is C23H21ClFNO5S. The highest BCUT2D eigenvalue weighted by Gasteiger charge is 2.35. The molecule has 0 spiro atoms. The Kier molecular flexibility index (Phi) is 6.53. The van der Waals surface area contributed by atoms with Crippen molar-refractivity contribution < 1.29 is 26.8 Å². The molecule has 6 nitrogen and oxygen atoms in total. The van der Waals surface area contributed by atoms with Crippen molar-refractivity contribution in [2.45, 2.75) is 19.0 Å². The fourth-order valence-corrected chi connectivity index (χ4v) is 5.55. The molecule has 9 heteroatoms. The lowest BCUT2D eigenvalue weighted by atomic mass is 10.2. The van der Waals surface area contributed by atoms with Crippen LogP contribution in [0.2, 0.25) is 5.02 Å². The number of halogens is 2. The van der Waals surface area contributed by atoms with Crippen LogP contribution in [0.5, 0.6) is 5.75 Å². The van der Waals surface area contributed by atoms with Gasteiger partial charge in [0, 0.05) is 11.6 Å². The van der Waals surface area contributed by atoms with E-state index in [1.165, 1.54) is 17.0 Å². The second-order valence-corrected chi connectivity index (χ2v) is 10.2. The van der Waals surface area contributed by atoms with E-state index in [1.807, 2.05) is 0 Å². The Labute approximate surface area is 190 Å². The van der Waals surface area contributed by atoms with Crippen molar-refractivity contribution in [2.24, 2.45) is 0 Å². The molecule has 1 fully saturated rings. The summed E-state index contributed by atoms with van der Waals surface area (Å²) in [6.07, 6.45) is 0.353. The van der Waals surface area contributed by atoms with Gasteiger partial charge in [-0.25, -0.2) is 12.8 Å². The van der Waals surface area contributed by atoms with Gasteiger partial charge >= 0.3 is 0 Å². The molecule has 1 saturated heterocycles. The predicted octanol–water partition coefficient (Wildman–Crippen LogP) is 4.33. The molecule has 2 aromatic carbocycles. The molecule has 1 atom stereocenters. The molecule has 1 amide bonds. The summed E-state index contributed by atoms with van der Waals surface area (Å²) >= 11 is 6.08. The van der Waals surface area contributed by atoms with E-state index < -0.39 is 15.9 Å². The van der Waals surface area contributed by atoms with Crippen LogP contribution in [0.25, 0.3) is 11.3 Å². The number of sulfone groups is 1. The Bertz CT molecular complexity index is 1210. The molecule has 1 aliphatic heterocycles. The monoisotopic (exact) mass is 477 g/mol. The summed E-state index contributed by atoms with van der Waals surface area (Å²) in [4.78, 5) is 14.5. The zero-order valence-electron chi connectivity index (χ0n) is 17.0. The van der Waals surface area contributed by atoms with Crippen LogP contribution < -0.4 is 4.74 Å². The number of hydrogen-bond acceptors (Lipinski definition) is 5. The number of furan rings is 1. The summed E-state index contributed by atoms with van der Waals surface area (Å²) in [7, 11) is -3.20. The van der Waals surface area contributed by atoms with Crippen LogP contribution in [0.1, 0.15) is 12.2 Å². The topological polar surface area (TPSA) is 76.8 Å². The largest absolute Gasteiger partial charge is 0.482 e. The van der Waals surface area contributed by atoms with Gasteiger partial charge in [-0.3, -0.25) is 4.79 Å². The number of ether oxygens (including phenoxy) is 1. The van der Waals surface area contributed by atoms with Gasteiger partial charge in [-0.2, -0.15) is 0 Å². The maximum Gasteiger partial charge on any atom is 0.261 e. The molecule has 0 unspecified atom stereocenters. The lowest BCUT2D eigenvalue weighted by molar-refractivity contribution is -0.136. The van der Waals surface area contributed by atoms with Crippen molar-refractivity contribution in [1.82, 2.24) is 4.90 Å². The van der Waals surface area contributed by atoms with Crippen molar-refractivity contribution in [3.63, 3.8) is 0 Å². The second kappa shape index (κ2) is 9.34. The minimum Gasteiger partial charge on any atom is -0.482 e. The first-order valence-electron chi connectivity index (χ1n) is 10.0. The maximum atomic E-state index is 13.2. The van der Waals surface area contributed by atoms with Crippen molar-refractivity contribution in [3.8, 4) is 17.1 Å². The van der Waals surface area contributed by atoms with Gasteiger partial charge in [-0.05, 0) is 55.0 Å². The Morgan fingerprint density at radius 1 is 1.12 bits per heavy atom. The summed E-state index contributed by atoms with van der Waals surface area (Å²) in [6.45, 7) is -0.197. The van der Waals surface area contributed by atoms with Gasteiger partial charge in [-0.1, -0.05) is 23.7 Å². The number of para-hydroxylation sites is 1. The van der Waals surface area contributed by atoms with Crippen molar-refractivity contribution >= 4 is 27.3 Å². The number of benzene rings is 2. The first-order chi connectivity index (χ1) is 15.3. The number of hydrogen-bond donors (Lipinski definition) is 0. The molecule has 4 rings (SSSR count). The standard InChI is InChI=1S/C23H21ClFNO5S/c24-20-3-1-2-4-22(20)30-14-23(27)26(18-11-12-32(28,29)15-18)13-19-9-10-21(31-19)16-5-7-17(25)8-6-16/h1-10,18H,11-15H2/t18-/m1/s1. The number of nitrogens with zero attached hydrogens (tertiary/aromatic N) is 1. The van der Waals surface area contributed by atoms with E-state index in [-0.39, 0.29) is 36.4 Å². The lowest BCUT2D eigenvalue weighted by Gasteiger charge is -2.27. The molecule has 0 radical (unpaired) electrons. The van der Waals surface area contributed by atoms with Gasteiger partial charge in [0.25, 0.3) is 5.91 Å². The number of carbonyl (C=O) groups excluding carboxylic acids is 1. The highest BCUT2D eigenvalue weighted by molar-refractivity contribution is 7.91. The number of carbonyl (C=O) groups is 1. The van der Waals surface area contributed by atoms with E-state index in [9.17, 15) is 17.6 Å². The molecule has 1 aliphatic rings. The minimum atomic E-state index is -3.20. The summed E-state index contributed by atoms with van der Waals surface area (Å²) < 4.78 is 48.7. The molecule has 168 valence electrons. The van der Waals surface area contributed by atoms with Crippen LogP contribution in [0, 0.1) is 5.82 Å². The molecule has 0 aliphatic carbocycles. The summed E-state index contributed by atoms with van der Waals surface area (Å²) in [6, 6.07) is 15.7. The molecule has 32 heavy (non-hydrogen) atoms. The third-order valence-electron chi connectivity index (χ3n) is 5.27. The van der Waals surface area contributed by atoms with E-state index in [2.05, 4.69) is 0 Å². The molecule has 3 aromatic rings. The average molecular weight is 478 g/mol. The lowest BCUT2D eigenvalue weighted by Crippen LogP contribution is -2.43. The van der Waals surface area contributed by atoms with E-state index in [0.717, 1.165) is 0 Å². The van der Waals surface area contributed by atoms with Crippen LogP contribution in [0.15, 0.2) is 65.1 Å². The fourth-order valence-electron chi connectivity index (χ4n) is 3.63. The fraction of sp³-hybridized carbons (Fsp3) is 0.261. The first-order valence-corrected chi connectivity index (χ1v) is 12.2. The number of amides is 1. The third kappa shape index (κ3) is 5.31. The van der Waals surface area contributed by atoms with Gasteiger partial charge in [0.05, 0.1) is 23.1 Å². The molecule has 0 saturated carbocycles. The highest BCUT2D eigenvalue weighted by Crippen LogP contribution is 2.27. The summed E-state index contributed by atoms with van der Waals surface area (Å²) in [5.41, 5.74) is 0.695. The van der Waals surface area contributed by atoms with Gasteiger partial charge in [-0.15, -0.1) is 0 Å². The molecule has 0 N–H and O–H groups in total. The third-order valence-corrected chi connectivity index (χ3v) is 7.34. The first kappa shape index (κ1) is 22.4. The maximum absolute atomic E-state index is 13.2. The predicted molar refractivity (Wildman–Crippen MR) is 119 cm³/mol. The van der Waals surface area contributed by atoms with E-state index in [4.69, 9.17) is 20.8 Å². The SMILES string of the molecule is O=C(COc1ccccc1Cl)N(Cc1ccc(-c2ccc(F)cc2)o1)[C@@H]1CCS(=O)(=O)C1. The average Bonchev–Trinajstić information content (AvgIpc) is 3.38. The zero-order chi connectivity index (χ0) is 22.7. The van der Waals surface area contributed by atoms with E-state index >= 15 is 0 Å². The van der Waals surface area contributed by atoms with Crippen molar-refractivity contribution in [1.29, 1.82) is 0 Å². The Morgan fingerprint density at radius 3 is 2.56 bits per heavy atom. The van der Waals surface area contributed by atoms with Gasteiger partial charge in [0.2, 0.25) is 0 Å². The molecule has 1 aromatic heterocycles. The van der Waals surface area contributed by atoms with Crippen molar-refractivity contribution in [2.75, 3.05) is 18.1 Å². The molecular weight excluding hydrogens is 457 g/mol. The van der Waals surface area contributed by atoms with Crippen LogP contribution in [0.4, 0.5) is 4.39 Å². The molecule has 2 heterocycles. The van der Waals surface area contributed by atoms with Crippen LogP contribution in [-0.2, 0) is 21.2 Å². The van der Waals surface area contributed by atoms with Gasteiger partial charge < -0.3 is 14.1 Å². The van der Waals surface area contributed by atoms with Gasteiger partial charge in [0.15, 0.2) is 16.4 Å². The normalized spacial score (nSPS) is 17.2. The highest BCUT2D eigenvalue weighted by atomic mass is 35.5. The van der Waals surface area contributed by atoms with Crippen molar-refractivity contribution in [3.05, 3.63) is 77.3 Å². The molecule has 0 bridgehead atoms. The Morgan fingerprint density at radius 2 is 1.88 bits per heavy atom. The summed E-state index contributed by atoms with van der Waals surface area (Å²) in [5, 5.41) is 0.380. The number of rotatable bonds is 7. The van der Waals surface area contributed by atoms with Gasteiger partial charge in [0.1, 0.15) is 23.1 Å². The van der Waals surface area contributed by atoms with E-state index in [0.29, 0.717) is 34.3 Å². The van der Waals surface area contributed by atoms with Crippen LogP contribution >= 0.6 is 11.6 Å². The zero-order valence-corrected chi connectivity index (χ0v) is 18.6. The smallest absolute Gasteiger partial charge is 0.261 e. The Balaban J connectivity index is 1.51. The quantitative estimate of drug-likeness (QED) is 0.506. The second-order valence-electron chi connectivity index (χ2n) is 7.57. The Hall–Kier alpha value is -2.84. The van der Waals surface area contributed by atoms with Crippen LogP contribution in [-0.4, -0.2) is 43.4 Å². The van der Waals surface area contributed by atoms with E-state index in [1.54, 1.807) is 48.5 Å². The minimum absolute atomic E-state index is 0.0335. The van der Waals surface area contributed by atoms with Crippen LogP contribution in [0.3, 0.4) is 0 Å². The summed E-state index contributed by atoms with van der Waals surface area (Å²) in [5.74, 6) is 0.601.